The van der Waals surface area contributed by atoms with E-state index in [0.29, 0.717) is 11.7 Å². The fraction of sp³-hybridized carbons (Fsp3) is 1.00. The second-order valence-corrected chi connectivity index (χ2v) is 8.24. The summed E-state index contributed by atoms with van der Waals surface area (Å²) in [5, 5.41) is 3.23. The molecule has 0 bridgehead atoms. The molecule has 0 radical (unpaired) electrons. The fourth-order valence-electron chi connectivity index (χ4n) is 3.25. The third-order valence-electron chi connectivity index (χ3n) is 4.45. The molecule has 0 aromatic heterocycles. The molecule has 2 atom stereocenters. The predicted octanol–water partition coefficient (Wildman–Crippen LogP) is 1.48. The average molecular weight is 274 g/mol. The molecule has 0 amide bonds. The minimum Gasteiger partial charge on any atom is -0.315 e. The molecule has 4 nitrogen and oxygen atoms in total. The van der Waals surface area contributed by atoms with Crippen LogP contribution in [0.5, 0.6) is 0 Å². The van der Waals surface area contributed by atoms with Gasteiger partial charge in [0.2, 0.25) is 10.0 Å². The standard InChI is InChI=1S/C13H26N2O2S/c1-11-8-14-9-12(11)15-18(16,17)10-13(2)6-4-3-5-7-13/h11-12,14-15H,3-10H2,1-2H3/t11-,12-/m1/s1. The third kappa shape index (κ3) is 3.68. The zero-order valence-corrected chi connectivity index (χ0v) is 12.4. The number of hydrogen-bond donors (Lipinski definition) is 2. The van der Waals surface area contributed by atoms with Crippen molar-refractivity contribution >= 4 is 10.0 Å². The summed E-state index contributed by atoms with van der Waals surface area (Å²) in [6, 6.07) is 0.0715. The second kappa shape index (κ2) is 5.47. The lowest BCUT2D eigenvalue weighted by atomic mass is 9.77. The SMILES string of the molecule is C[C@@H]1CNC[C@H]1NS(=O)(=O)CC1(C)CCCCC1. The van der Waals surface area contributed by atoms with Crippen molar-refractivity contribution in [2.75, 3.05) is 18.8 Å². The van der Waals surface area contributed by atoms with E-state index in [4.69, 9.17) is 0 Å². The predicted molar refractivity (Wildman–Crippen MR) is 73.9 cm³/mol. The van der Waals surface area contributed by atoms with Gasteiger partial charge in [0.25, 0.3) is 0 Å². The van der Waals surface area contributed by atoms with E-state index in [0.717, 1.165) is 25.9 Å². The third-order valence-corrected chi connectivity index (χ3v) is 6.19. The Balaban J connectivity index is 1.94. The van der Waals surface area contributed by atoms with Gasteiger partial charge in [-0.15, -0.1) is 0 Å². The highest BCUT2D eigenvalue weighted by atomic mass is 32.2. The van der Waals surface area contributed by atoms with Crippen molar-refractivity contribution < 1.29 is 8.42 Å². The number of nitrogens with one attached hydrogen (secondary N) is 2. The summed E-state index contributed by atoms with van der Waals surface area (Å²) in [6.07, 6.45) is 5.70. The van der Waals surface area contributed by atoms with Gasteiger partial charge >= 0.3 is 0 Å². The molecule has 0 unspecified atom stereocenters. The Hall–Kier alpha value is -0.130. The van der Waals surface area contributed by atoms with Crippen LogP contribution >= 0.6 is 0 Å². The van der Waals surface area contributed by atoms with Crippen molar-refractivity contribution in [2.24, 2.45) is 11.3 Å². The van der Waals surface area contributed by atoms with E-state index < -0.39 is 10.0 Å². The Labute approximate surface area is 111 Å². The van der Waals surface area contributed by atoms with Gasteiger partial charge in [-0.3, -0.25) is 0 Å². The van der Waals surface area contributed by atoms with E-state index in [1.165, 1.54) is 19.3 Å². The lowest BCUT2D eigenvalue weighted by molar-refractivity contribution is 0.246. The molecule has 106 valence electrons. The van der Waals surface area contributed by atoms with Gasteiger partial charge in [-0.25, -0.2) is 13.1 Å². The first-order valence-electron chi connectivity index (χ1n) is 7.11. The Morgan fingerprint density at radius 1 is 1.22 bits per heavy atom. The van der Waals surface area contributed by atoms with Gasteiger partial charge in [0, 0.05) is 12.6 Å². The van der Waals surface area contributed by atoms with Crippen molar-refractivity contribution in [1.82, 2.24) is 10.0 Å². The van der Waals surface area contributed by atoms with Crippen LogP contribution in [0.3, 0.4) is 0 Å². The van der Waals surface area contributed by atoms with Crippen LogP contribution in [-0.2, 0) is 10.0 Å². The van der Waals surface area contributed by atoms with Crippen LogP contribution in [0, 0.1) is 11.3 Å². The zero-order chi connectivity index (χ0) is 13.2. The maximum atomic E-state index is 12.3. The smallest absolute Gasteiger partial charge is 0.212 e. The molecule has 1 saturated carbocycles. The van der Waals surface area contributed by atoms with Crippen LogP contribution in [0.1, 0.15) is 46.0 Å². The van der Waals surface area contributed by atoms with Gasteiger partial charge in [0.1, 0.15) is 0 Å². The first-order chi connectivity index (χ1) is 8.40. The highest BCUT2D eigenvalue weighted by Crippen LogP contribution is 2.36. The van der Waals surface area contributed by atoms with Crippen molar-refractivity contribution in [3.05, 3.63) is 0 Å². The summed E-state index contributed by atoms with van der Waals surface area (Å²) in [4.78, 5) is 0. The second-order valence-electron chi connectivity index (χ2n) is 6.49. The number of hydrogen-bond acceptors (Lipinski definition) is 3. The topological polar surface area (TPSA) is 58.2 Å². The number of rotatable bonds is 4. The van der Waals surface area contributed by atoms with Crippen LogP contribution in [-0.4, -0.2) is 33.3 Å². The van der Waals surface area contributed by atoms with E-state index in [9.17, 15) is 8.42 Å². The van der Waals surface area contributed by atoms with Crippen LogP contribution in [0.15, 0.2) is 0 Å². The highest BCUT2D eigenvalue weighted by molar-refractivity contribution is 7.89. The zero-order valence-electron chi connectivity index (χ0n) is 11.5. The lowest BCUT2D eigenvalue weighted by Gasteiger charge is -2.33. The average Bonchev–Trinajstić information content (AvgIpc) is 2.63. The monoisotopic (exact) mass is 274 g/mol. The highest BCUT2D eigenvalue weighted by Gasteiger charge is 2.34. The molecular formula is C13H26N2O2S. The molecule has 18 heavy (non-hydrogen) atoms. The van der Waals surface area contributed by atoms with Gasteiger partial charge in [0.15, 0.2) is 0 Å². The quantitative estimate of drug-likeness (QED) is 0.816. The van der Waals surface area contributed by atoms with Crippen molar-refractivity contribution in [3.63, 3.8) is 0 Å². The van der Waals surface area contributed by atoms with Gasteiger partial charge in [-0.05, 0) is 30.7 Å². The first-order valence-corrected chi connectivity index (χ1v) is 8.76. The molecule has 5 heteroatoms. The van der Waals surface area contributed by atoms with Gasteiger partial charge in [-0.2, -0.15) is 0 Å². The summed E-state index contributed by atoms with van der Waals surface area (Å²) < 4.78 is 27.4. The van der Waals surface area contributed by atoms with Crippen molar-refractivity contribution in [3.8, 4) is 0 Å². The van der Waals surface area contributed by atoms with Crippen LogP contribution < -0.4 is 10.0 Å². The summed E-state index contributed by atoms with van der Waals surface area (Å²) in [6.45, 7) is 5.89. The maximum absolute atomic E-state index is 12.3. The van der Waals surface area contributed by atoms with Crippen molar-refractivity contribution in [1.29, 1.82) is 0 Å². The Morgan fingerprint density at radius 2 is 1.89 bits per heavy atom. The molecule has 1 heterocycles. The summed E-state index contributed by atoms with van der Waals surface area (Å²) >= 11 is 0. The van der Waals surface area contributed by atoms with Gasteiger partial charge in [-0.1, -0.05) is 33.1 Å². The van der Waals surface area contributed by atoms with Gasteiger partial charge < -0.3 is 5.32 Å². The molecule has 2 N–H and O–H groups in total. The molecular weight excluding hydrogens is 248 g/mol. The fourth-order valence-corrected chi connectivity index (χ4v) is 5.31. The molecule has 1 aliphatic heterocycles. The maximum Gasteiger partial charge on any atom is 0.212 e. The molecule has 2 rings (SSSR count). The largest absolute Gasteiger partial charge is 0.315 e. The molecule has 0 aromatic carbocycles. The Bertz CT molecular complexity index is 374. The molecule has 2 fully saturated rings. The Kier molecular flexibility index (Phi) is 4.34. The van der Waals surface area contributed by atoms with E-state index in [1.54, 1.807) is 0 Å². The van der Waals surface area contributed by atoms with E-state index >= 15 is 0 Å². The van der Waals surface area contributed by atoms with Crippen LogP contribution in [0.25, 0.3) is 0 Å². The number of sulfonamides is 1. The van der Waals surface area contributed by atoms with Crippen molar-refractivity contribution in [2.45, 2.75) is 52.0 Å². The van der Waals surface area contributed by atoms with E-state index in [1.807, 2.05) is 0 Å². The van der Waals surface area contributed by atoms with E-state index in [2.05, 4.69) is 23.9 Å². The lowest BCUT2D eigenvalue weighted by Crippen LogP contribution is -2.44. The molecule has 0 spiro atoms. The Morgan fingerprint density at radius 3 is 2.44 bits per heavy atom. The minimum absolute atomic E-state index is 0.0145. The van der Waals surface area contributed by atoms with Gasteiger partial charge in [0.05, 0.1) is 5.75 Å². The summed E-state index contributed by atoms with van der Waals surface area (Å²) in [5.41, 5.74) is -0.0145. The minimum atomic E-state index is -3.15. The molecule has 0 aromatic rings. The molecule has 2 aliphatic rings. The molecule has 1 aliphatic carbocycles. The van der Waals surface area contributed by atoms with Crippen LogP contribution in [0.2, 0.25) is 0 Å². The summed E-state index contributed by atoms with van der Waals surface area (Å²) in [7, 11) is -3.15. The summed E-state index contributed by atoms with van der Waals surface area (Å²) in [5.74, 6) is 0.683. The molecule has 1 saturated heterocycles. The van der Waals surface area contributed by atoms with E-state index in [-0.39, 0.29) is 11.5 Å². The normalized spacial score (nSPS) is 32.6. The first kappa shape index (κ1) is 14.3. The van der Waals surface area contributed by atoms with Crippen LogP contribution in [0.4, 0.5) is 0 Å².